The number of rotatable bonds is 2. The Morgan fingerprint density at radius 3 is 2.92 bits per heavy atom. The summed E-state index contributed by atoms with van der Waals surface area (Å²) in [7, 11) is 0. The van der Waals surface area contributed by atoms with E-state index in [-0.39, 0.29) is 0 Å². The SMILES string of the molecule is NCC1CCC1n1cc(Br)cn1. The van der Waals surface area contributed by atoms with Gasteiger partial charge in [-0.3, -0.25) is 4.68 Å². The van der Waals surface area contributed by atoms with Gasteiger partial charge >= 0.3 is 0 Å². The minimum atomic E-state index is 0.543. The molecule has 4 heteroatoms. The molecule has 1 aromatic heterocycles. The van der Waals surface area contributed by atoms with Crippen LogP contribution in [0, 0.1) is 5.92 Å². The molecule has 0 spiro atoms. The van der Waals surface area contributed by atoms with E-state index >= 15 is 0 Å². The zero-order chi connectivity index (χ0) is 8.55. The lowest BCUT2D eigenvalue weighted by molar-refractivity contribution is 0.174. The van der Waals surface area contributed by atoms with Gasteiger partial charge in [0.1, 0.15) is 0 Å². The van der Waals surface area contributed by atoms with E-state index in [1.165, 1.54) is 12.8 Å². The highest BCUT2D eigenvalue weighted by Crippen LogP contribution is 2.37. The molecule has 0 amide bonds. The van der Waals surface area contributed by atoms with Crippen LogP contribution in [0.3, 0.4) is 0 Å². The van der Waals surface area contributed by atoms with Gasteiger partial charge in [-0.05, 0) is 41.2 Å². The van der Waals surface area contributed by atoms with E-state index < -0.39 is 0 Å². The summed E-state index contributed by atoms with van der Waals surface area (Å²) in [6.45, 7) is 0.780. The van der Waals surface area contributed by atoms with Gasteiger partial charge in [-0.2, -0.15) is 5.10 Å². The Kier molecular flexibility index (Phi) is 2.19. The van der Waals surface area contributed by atoms with Crippen LogP contribution >= 0.6 is 15.9 Å². The molecule has 2 atom stereocenters. The first kappa shape index (κ1) is 8.26. The Morgan fingerprint density at radius 2 is 2.50 bits per heavy atom. The minimum absolute atomic E-state index is 0.543. The quantitative estimate of drug-likeness (QED) is 0.837. The molecule has 1 fully saturated rings. The predicted molar refractivity (Wildman–Crippen MR) is 50.7 cm³/mol. The first-order valence-electron chi connectivity index (χ1n) is 4.21. The van der Waals surface area contributed by atoms with Gasteiger partial charge < -0.3 is 5.73 Å². The number of halogens is 1. The molecule has 2 N–H and O–H groups in total. The summed E-state index contributed by atoms with van der Waals surface area (Å²) >= 11 is 3.38. The van der Waals surface area contributed by atoms with Gasteiger partial charge in [-0.25, -0.2) is 0 Å². The van der Waals surface area contributed by atoms with Crippen molar-refractivity contribution in [1.82, 2.24) is 9.78 Å². The molecule has 1 aliphatic rings. The van der Waals surface area contributed by atoms with Crippen LogP contribution in [0.1, 0.15) is 18.9 Å². The van der Waals surface area contributed by atoms with Crippen molar-refractivity contribution in [3.05, 3.63) is 16.9 Å². The van der Waals surface area contributed by atoms with Gasteiger partial charge in [0.05, 0.1) is 16.7 Å². The summed E-state index contributed by atoms with van der Waals surface area (Å²) in [4.78, 5) is 0. The molecular weight excluding hydrogens is 218 g/mol. The fourth-order valence-corrected chi connectivity index (χ4v) is 1.97. The molecule has 2 unspecified atom stereocenters. The Balaban J connectivity index is 2.10. The van der Waals surface area contributed by atoms with E-state index in [0.29, 0.717) is 12.0 Å². The van der Waals surface area contributed by atoms with E-state index in [9.17, 15) is 0 Å². The molecule has 1 saturated carbocycles. The first-order valence-corrected chi connectivity index (χ1v) is 5.00. The Labute approximate surface area is 80.1 Å². The van der Waals surface area contributed by atoms with Crippen LogP contribution in [0.4, 0.5) is 0 Å². The lowest BCUT2D eigenvalue weighted by Crippen LogP contribution is -2.34. The van der Waals surface area contributed by atoms with Gasteiger partial charge in [0.25, 0.3) is 0 Å². The largest absolute Gasteiger partial charge is 0.330 e. The molecule has 0 bridgehead atoms. The van der Waals surface area contributed by atoms with Crippen molar-refractivity contribution in [1.29, 1.82) is 0 Å². The van der Waals surface area contributed by atoms with Crippen LogP contribution in [-0.4, -0.2) is 16.3 Å². The maximum atomic E-state index is 5.62. The van der Waals surface area contributed by atoms with Gasteiger partial charge in [0.15, 0.2) is 0 Å². The highest BCUT2D eigenvalue weighted by Gasteiger charge is 2.31. The molecule has 2 rings (SSSR count). The average molecular weight is 230 g/mol. The molecule has 1 aliphatic carbocycles. The molecule has 3 nitrogen and oxygen atoms in total. The van der Waals surface area contributed by atoms with Crippen molar-refractivity contribution in [2.45, 2.75) is 18.9 Å². The van der Waals surface area contributed by atoms with Gasteiger partial charge in [-0.1, -0.05) is 0 Å². The van der Waals surface area contributed by atoms with Crippen LogP contribution < -0.4 is 5.73 Å². The van der Waals surface area contributed by atoms with E-state index in [1.807, 2.05) is 17.1 Å². The van der Waals surface area contributed by atoms with Crippen molar-refractivity contribution in [2.75, 3.05) is 6.54 Å². The molecule has 1 heterocycles. The van der Waals surface area contributed by atoms with Crippen LogP contribution in [0.2, 0.25) is 0 Å². The van der Waals surface area contributed by atoms with Crippen LogP contribution in [0.15, 0.2) is 16.9 Å². The standard InChI is InChI=1S/C8H12BrN3/c9-7-4-11-12(5-7)8-2-1-6(8)3-10/h4-6,8H,1-3,10H2. The zero-order valence-corrected chi connectivity index (χ0v) is 8.37. The topological polar surface area (TPSA) is 43.8 Å². The monoisotopic (exact) mass is 229 g/mol. The number of nitrogens with two attached hydrogens (primary N) is 1. The summed E-state index contributed by atoms with van der Waals surface area (Å²) in [6.07, 6.45) is 6.31. The third kappa shape index (κ3) is 1.29. The molecule has 0 aliphatic heterocycles. The smallest absolute Gasteiger partial charge is 0.0632 e. The summed E-state index contributed by atoms with van der Waals surface area (Å²) in [5.41, 5.74) is 5.62. The molecule has 0 aromatic carbocycles. The molecular formula is C8H12BrN3. The average Bonchev–Trinajstić information content (AvgIpc) is 2.35. The fraction of sp³-hybridized carbons (Fsp3) is 0.625. The van der Waals surface area contributed by atoms with E-state index in [1.54, 1.807) is 0 Å². The molecule has 12 heavy (non-hydrogen) atoms. The number of nitrogens with zero attached hydrogens (tertiary/aromatic N) is 2. The fourth-order valence-electron chi connectivity index (χ4n) is 1.67. The van der Waals surface area contributed by atoms with Crippen LogP contribution in [0.25, 0.3) is 0 Å². The number of aromatic nitrogens is 2. The van der Waals surface area contributed by atoms with Crippen molar-refractivity contribution in [2.24, 2.45) is 11.7 Å². The molecule has 0 radical (unpaired) electrons. The Bertz CT molecular complexity index is 269. The highest BCUT2D eigenvalue weighted by atomic mass is 79.9. The van der Waals surface area contributed by atoms with Crippen molar-refractivity contribution >= 4 is 15.9 Å². The highest BCUT2D eigenvalue weighted by molar-refractivity contribution is 9.10. The maximum absolute atomic E-state index is 5.62. The van der Waals surface area contributed by atoms with Gasteiger partial charge in [-0.15, -0.1) is 0 Å². The summed E-state index contributed by atoms with van der Waals surface area (Å²) in [6, 6.07) is 0.543. The lowest BCUT2D eigenvalue weighted by atomic mass is 9.80. The maximum Gasteiger partial charge on any atom is 0.0632 e. The second-order valence-corrected chi connectivity index (χ2v) is 4.19. The summed E-state index contributed by atoms with van der Waals surface area (Å²) in [5.74, 6) is 0.636. The van der Waals surface area contributed by atoms with Gasteiger partial charge in [0, 0.05) is 6.20 Å². The van der Waals surface area contributed by atoms with Crippen molar-refractivity contribution in [3.63, 3.8) is 0 Å². The summed E-state index contributed by atoms with van der Waals surface area (Å²) < 4.78 is 3.07. The first-order chi connectivity index (χ1) is 5.81. The second kappa shape index (κ2) is 3.18. The second-order valence-electron chi connectivity index (χ2n) is 3.28. The summed E-state index contributed by atoms with van der Waals surface area (Å²) in [5, 5.41) is 4.25. The lowest BCUT2D eigenvalue weighted by Gasteiger charge is -2.35. The van der Waals surface area contributed by atoms with E-state index in [4.69, 9.17) is 5.73 Å². The number of hydrogen-bond acceptors (Lipinski definition) is 2. The minimum Gasteiger partial charge on any atom is -0.330 e. The predicted octanol–water partition coefficient (Wildman–Crippen LogP) is 1.56. The van der Waals surface area contributed by atoms with E-state index in [2.05, 4.69) is 21.0 Å². The normalized spacial score (nSPS) is 28.5. The molecule has 1 aromatic rings. The third-order valence-electron chi connectivity index (χ3n) is 2.59. The third-order valence-corrected chi connectivity index (χ3v) is 3.00. The number of hydrogen-bond donors (Lipinski definition) is 1. The Hall–Kier alpha value is -0.350. The van der Waals surface area contributed by atoms with Crippen LogP contribution in [-0.2, 0) is 0 Å². The Morgan fingerprint density at radius 1 is 1.67 bits per heavy atom. The molecule has 0 saturated heterocycles. The van der Waals surface area contributed by atoms with Crippen LogP contribution in [0.5, 0.6) is 0 Å². The molecule has 66 valence electrons. The van der Waals surface area contributed by atoms with E-state index in [0.717, 1.165) is 11.0 Å². The van der Waals surface area contributed by atoms with Crippen molar-refractivity contribution < 1.29 is 0 Å². The zero-order valence-electron chi connectivity index (χ0n) is 6.78. The van der Waals surface area contributed by atoms with Crippen molar-refractivity contribution in [3.8, 4) is 0 Å². The van der Waals surface area contributed by atoms with Gasteiger partial charge in [0.2, 0.25) is 0 Å².